The molecule has 1 heterocycles. The second-order valence-electron chi connectivity index (χ2n) is 4.88. The van der Waals surface area contributed by atoms with Gasteiger partial charge in [-0.2, -0.15) is 0 Å². The summed E-state index contributed by atoms with van der Waals surface area (Å²) in [5, 5.41) is 2.95. The maximum atomic E-state index is 12.0. The first-order chi connectivity index (χ1) is 8.41. The molecule has 0 aromatic carbocycles. The molecule has 0 radical (unpaired) electrons. The number of nitrogens with one attached hydrogen (secondary N) is 1. The fourth-order valence-corrected chi connectivity index (χ4v) is 2.21. The smallest absolute Gasteiger partial charge is 0.252 e. The lowest BCUT2D eigenvalue weighted by Gasteiger charge is -2.28. The van der Waals surface area contributed by atoms with Crippen LogP contribution in [0.15, 0.2) is 22.9 Å². The molecule has 0 aliphatic heterocycles. The summed E-state index contributed by atoms with van der Waals surface area (Å²) in [6.07, 6.45) is 3.23. The molecule has 1 amide bonds. The molecule has 0 aliphatic rings. The SMILES string of the molecule is CC(C)C(CNC(=O)c1cncc(Br)c1)N(C)C. The van der Waals surface area contributed by atoms with E-state index in [1.54, 1.807) is 18.5 Å². The molecule has 4 nitrogen and oxygen atoms in total. The molecular weight excluding hydrogens is 294 g/mol. The Labute approximate surface area is 117 Å². The van der Waals surface area contributed by atoms with E-state index in [0.717, 1.165) is 4.47 Å². The van der Waals surface area contributed by atoms with Crippen molar-refractivity contribution >= 4 is 21.8 Å². The van der Waals surface area contributed by atoms with Crippen LogP contribution >= 0.6 is 15.9 Å². The maximum absolute atomic E-state index is 12.0. The van der Waals surface area contributed by atoms with E-state index in [1.807, 2.05) is 14.1 Å². The lowest BCUT2D eigenvalue weighted by Crippen LogP contribution is -2.43. The highest BCUT2D eigenvalue weighted by Gasteiger charge is 2.17. The van der Waals surface area contributed by atoms with Gasteiger partial charge >= 0.3 is 0 Å². The summed E-state index contributed by atoms with van der Waals surface area (Å²) in [6, 6.07) is 2.09. The Kier molecular flexibility index (Phi) is 5.75. The molecule has 0 aliphatic carbocycles. The molecule has 1 N–H and O–H groups in total. The van der Waals surface area contributed by atoms with Crippen LogP contribution in [-0.2, 0) is 0 Å². The lowest BCUT2D eigenvalue weighted by molar-refractivity contribution is 0.0934. The van der Waals surface area contributed by atoms with Crippen molar-refractivity contribution in [3.05, 3.63) is 28.5 Å². The van der Waals surface area contributed by atoms with Crippen LogP contribution < -0.4 is 5.32 Å². The summed E-state index contributed by atoms with van der Waals surface area (Å²) in [6.45, 7) is 4.94. The minimum Gasteiger partial charge on any atom is -0.350 e. The van der Waals surface area contributed by atoms with E-state index >= 15 is 0 Å². The zero-order valence-corrected chi connectivity index (χ0v) is 12.9. The van der Waals surface area contributed by atoms with Crippen LogP contribution in [0.2, 0.25) is 0 Å². The van der Waals surface area contributed by atoms with E-state index in [-0.39, 0.29) is 5.91 Å². The van der Waals surface area contributed by atoms with Crippen LogP contribution in [0.25, 0.3) is 0 Å². The average Bonchev–Trinajstić information content (AvgIpc) is 2.28. The first kappa shape index (κ1) is 15.1. The third-order valence-corrected chi connectivity index (χ3v) is 3.31. The molecule has 100 valence electrons. The van der Waals surface area contributed by atoms with Crippen molar-refractivity contribution in [1.82, 2.24) is 15.2 Å². The van der Waals surface area contributed by atoms with E-state index < -0.39 is 0 Å². The van der Waals surface area contributed by atoms with Gasteiger partial charge in [0.1, 0.15) is 0 Å². The van der Waals surface area contributed by atoms with Gasteiger partial charge in [0, 0.05) is 29.5 Å². The van der Waals surface area contributed by atoms with E-state index in [1.165, 1.54) is 0 Å². The molecule has 1 rings (SSSR count). The molecule has 1 atom stereocenters. The predicted molar refractivity (Wildman–Crippen MR) is 76.6 cm³/mol. The van der Waals surface area contributed by atoms with E-state index in [9.17, 15) is 4.79 Å². The van der Waals surface area contributed by atoms with Crippen molar-refractivity contribution in [1.29, 1.82) is 0 Å². The summed E-state index contributed by atoms with van der Waals surface area (Å²) >= 11 is 3.31. The molecule has 5 heteroatoms. The van der Waals surface area contributed by atoms with Gasteiger partial charge in [0.05, 0.1) is 5.56 Å². The number of aromatic nitrogens is 1. The van der Waals surface area contributed by atoms with Gasteiger partial charge in [0.15, 0.2) is 0 Å². The molecule has 1 unspecified atom stereocenters. The fraction of sp³-hybridized carbons (Fsp3) is 0.538. The summed E-state index contributed by atoms with van der Waals surface area (Å²) in [5.74, 6) is 0.400. The van der Waals surface area contributed by atoms with Gasteiger partial charge in [-0.15, -0.1) is 0 Å². The number of halogens is 1. The van der Waals surface area contributed by atoms with Crippen LogP contribution in [0.5, 0.6) is 0 Å². The largest absolute Gasteiger partial charge is 0.350 e. The molecule has 0 spiro atoms. The van der Waals surface area contributed by atoms with Crippen LogP contribution in [0.4, 0.5) is 0 Å². The van der Waals surface area contributed by atoms with Gasteiger partial charge in [0.25, 0.3) is 5.91 Å². The Balaban J connectivity index is 2.60. The van der Waals surface area contributed by atoms with Crippen molar-refractivity contribution in [2.45, 2.75) is 19.9 Å². The number of carbonyl (C=O) groups is 1. The highest BCUT2D eigenvalue weighted by atomic mass is 79.9. The maximum Gasteiger partial charge on any atom is 0.252 e. The van der Waals surface area contributed by atoms with Gasteiger partial charge in [-0.25, -0.2) is 0 Å². The summed E-state index contributed by atoms with van der Waals surface area (Å²) in [5.41, 5.74) is 0.575. The van der Waals surface area contributed by atoms with Gasteiger partial charge in [-0.3, -0.25) is 9.78 Å². The number of hydrogen-bond acceptors (Lipinski definition) is 3. The second kappa shape index (κ2) is 6.85. The van der Waals surface area contributed by atoms with Crippen molar-refractivity contribution in [2.24, 2.45) is 5.92 Å². The van der Waals surface area contributed by atoms with Gasteiger partial charge in [0.2, 0.25) is 0 Å². The molecular formula is C13H20BrN3O. The quantitative estimate of drug-likeness (QED) is 0.906. The van der Waals surface area contributed by atoms with Crippen molar-refractivity contribution < 1.29 is 4.79 Å². The number of pyridine rings is 1. The van der Waals surface area contributed by atoms with Crippen LogP contribution in [0.3, 0.4) is 0 Å². The molecule has 0 saturated heterocycles. The highest BCUT2D eigenvalue weighted by Crippen LogP contribution is 2.10. The van der Waals surface area contributed by atoms with Crippen molar-refractivity contribution in [3.8, 4) is 0 Å². The Hall–Kier alpha value is -0.940. The second-order valence-corrected chi connectivity index (χ2v) is 5.79. The summed E-state index contributed by atoms with van der Waals surface area (Å²) in [4.78, 5) is 18.1. The Bertz CT molecular complexity index is 399. The topological polar surface area (TPSA) is 45.2 Å². The first-order valence-corrected chi connectivity index (χ1v) is 6.76. The number of rotatable bonds is 5. The number of nitrogens with zero attached hydrogens (tertiary/aromatic N) is 2. The molecule has 1 aromatic rings. The highest BCUT2D eigenvalue weighted by molar-refractivity contribution is 9.10. The van der Waals surface area contributed by atoms with Crippen molar-refractivity contribution in [2.75, 3.05) is 20.6 Å². The first-order valence-electron chi connectivity index (χ1n) is 5.97. The Morgan fingerprint density at radius 3 is 2.61 bits per heavy atom. The molecule has 0 bridgehead atoms. The normalized spacial score (nSPS) is 12.8. The van der Waals surface area contributed by atoms with E-state index in [4.69, 9.17) is 0 Å². The lowest BCUT2D eigenvalue weighted by atomic mass is 10.0. The third-order valence-electron chi connectivity index (χ3n) is 2.87. The van der Waals surface area contributed by atoms with Crippen LogP contribution in [-0.4, -0.2) is 42.5 Å². The minimum atomic E-state index is -0.0868. The summed E-state index contributed by atoms with van der Waals surface area (Å²) in [7, 11) is 4.05. The number of likely N-dealkylation sites (N-methyl/N-ethyl adjacent to an activating group) is 1. The standard InChI is InChI=1S/C13H20BrN3O/c1-9(2)12(17(3)4)8-16-13(18)10-5-11(14)7-15-6-10/h5-7,9,12H,8H2,1-4H3,(H,16,18). The third kappa shape index (κ3) is 4.38. The average molecular weight is 314 g/mol. The van der Waals surface area contributed by atoms with Crippen molar-refractivity contribution in [3.63, 3.8) is 0 Å². The van der Waals surface area contributed by atoms with E-state index in [2.05, 4.69) is 45.0 Å². The molecule has 0 fully saturated rings. The minimum absolute atomic E-state index is 0.0868. The van der Waals surface area contributed by atoms with Crippen LogP contribution in [0.1, 0.15) is 24.2 Å². The Morgan fingerprint density at radius 1 is 1.44 bits per heavy atom. The number of amides is 1. The Morgan fingerprint density at radius 2 is 2.11 bits per heavy atom. The summed E-state index contributed by atoms with van der Waals surface area (Å²) < 4.78 is 0.808. The predicted octanol–water partition coefficient (Wildman–Crippen LogP) is 2.16. The number of hydrogen-bond donors (Lipinski definition) is 1. The van der Waals surface area contributed by atoms with E-state index in [0.29, 0.717) is 24.1 Å². The fourth-order valence-electron chi connectivity index (χ4n) is 1.85. The van der Waals surface area contributed by atoms with Gasteiger partial charge < -0.3 is 10.2 Å². The monoisotopic (exact) mass is 313 g/mol. The zero-order valence-electron chi connectivity index (χ0n) is 11.3. The molecule has 0 saturated carbocycles. The van der Waals surface area contributed by atoms with Gasteiger partial charge in [-0.1, -0.05) is 13.8 Å². The number of carbonyl (C=O) groups excluding carboxylic acids is 1. The molecule has 1 aromatic heterocycles. The molecule has 18 heavy (non-hydrogen) atoms. The van der Waals surface area contributed by atoms with Gasteiger partial charge in [-0.05, 0) is 42.0 Å². The van der Waals surface area contributed by atoms with Crippen LogP contribution in [0, 0.1) is 5.92 Å². The zero-order chi connectivity index (χ0) is 13.7.